The number of hydrogen-bond acceptors (Lipinski definition) is 0. The fourth-order valence-electron chi connectivity index (χ4n) is 1.30. The zero-order chi connectivity index (χ0) is 9.64. The lowest BCUT2D eigenvalue weighted by atomic mass is 10.0. The molecule has 2 aliphatic carbocycles. The molecule has 0 saturated carbocycles. The van der Waals surface area contributed by atoms with Gasteiger partial charge >= 0.3 is 0 Å². The molecule has 66 valence electrons. The van der Waals surface area contributed by atoms with Gasteiger partial charge in [0.1, 0.15) is 0 Å². The summed E-state index contributed by atoms with van der Waals surface area (Å²) < 4.78 is 0. The third-order valence-electron chi connectivity index (χ3n) is 1.99. The number of hydrogen-bond donors (Lipinski definition) is 0. The quantitative estimate of drug-likeness (QED) is 0.540. The Labute approximate surface area is 84.0 Å². The molecule has 14 heavy (non-hydrogen) atoms. The highest BCUT2D eigenvalue weighted by Crippen LogP contribution is 2.16. The molecular weight excluding hydrogens is 168 g/mol. The molecule has 0 aliphatic heterocycles. The highest BCUT2D eigenvalue weighted by atomic mass is 14.0. The van der Waals surface area contributed by atoms with Crippen LogP contribution in [-0.2, 0) is 0 Å². The summed E-state index contributed by atoms with van der Waals surface area (Å²) in [5, 5.41) is 0. The van der Waals surface area contributed by atoms with Crippen molar-refractivity contribution >= 4 is 0 Å². The van der Waals surface area contributed by atoms with Crippen LogP contribution in [0, 0.1) is 0 Å². The topological polar surface area (TPSA) is 0 Å². The van der Waals surface area contributed by atoms with Crippen LogP contribution in [0.25, 0.3) is 0 Å². The van der Waals surface area contributed by atoms with Gasteiger partial charge in [-0.2, -0.15) is 0 Å². The molecular formula is C14H10. The second-order valence-electron chi connectivity index (χ2n) is 2.96. The van der Waals surface area contributed by atoms with Crippen LogP contribution in [0.3, 0.4) is 0 Å². The molecule has 0 heterocycles. The van der Waals surface area contributed by atoms with Crippen LogP contribution in [0.5, 0.6) is 0 Å². The van der Waals surface area contributed by atoms with E-state index in [1.165, 1.54) is 11.1 Å². The SMILES string of the molecule is C1=CC=CC(C2=CC=C=CC=C2)=CC=1. The molecule has 0 unspecified atom stereocenters. The van der Waals surface area contributed by atoms with E-state index in [2.05, 4.69) is 35.8 Å². The van der Waals surface area contributed by atoms with Crippen LogP contribution >= 0.6 is 0 Å². The summed E-state index contributed by atoms with van der Waals surface area (Å²) >= 11 is 0. The average Bonchev–Trinajstić information content (AvgIpc) is 2.62. The van der Waals surface area contributed by atoms with Crippen LogP contribution in [0.2, 0.25) is 0 Å². The van der Waals surface area contributed by atoms with Crippen LogP contribution in [0.4, 0.5) is 0 Å². The monoisotopic (exact) mass is 178 g/mol. The molecule has 0 nitrogen and oxygen atoms in total. The predicted octanol–water partition coefficient (Wildman–Crippen LogP) is 3.40. The Morgan fingerprint density at radius 2 is 1.14 bits per heavy atom. The highest BCUT2D eigenvalue weighted by molar-refractivity contribution is 5.51. The molecule has 0 aromatic carbocycles. The minimum atomic E-state index is 1.19. The van der Waals surface area contributed by atoms with Gasteiger partial charge in [0.2, 0.25) is 0 Å². The molecule has 0 bridgehead atoms. The van der Waals surface area contributed by atoms with Crippen LogP contribution < -0.4 is 0 Å². The van der Waals surface area contributed by atoms with Crippen molar-refractivity contribution in [3.63, 3.8) is 0 Å². The molecule has 0 N–H and O–H groups in total. The molecule has 2 rings (SSSR count). The summed E-state index contributed by atoms with van der Waals surface area (Å²) in [4.78, 5) is 0. The van der Waals surface area contributed by atoms with Gasteiger partial charge in [0.25, 0.3) is 0 Å². The highest BCUT2D eigenvalue weighted by Gasteiger charge is 1.97. The van der Waals surface area contributed by atoms with Crippen molar-refractivity contribution < 1.29 is 0 Å². The van der Waals surface area contributed by atoms with Gasteiger partial charge in [0.15, 0.2) is 0 Å². The first-order valence-corrected chi connectivity index (χ1v) is 4.56. The maximum Gasteiger partial charge on any atom is -0.0177 e. The van der Waals surface area contributed by atoms with Crippen LogP contribution in [-0.4, -0.2) is 0 Å². The first kappa shape index (κ1) is 8.59. The lowest BCUT2D eigenvalue weighted by Crippen LogP contribution is -1.81. The molecule has 0 amide bonds. The van der Waals surface area contributed by atoms with E-state index in [0.29, 0.717) is 0 Å². The van der Waals surface area contributed by atoms with E-state index >= 15 is 0 Å². The fraction of sp³-hybridized carbons (Fsp3) is 0. The van der Waals surface area contributed by atoms with Gasteiger partial charge in [-0.3, -0.25) is 0 Å². The summed E-state index contributed by atoms with van der Waals surface area (Å²) in [5.74, 6) is 0. The lowest BCUT2D eigenvalue weighted by Gasteiger charge is -1.99. The van der Waals surface area contributed by atoms with Crippen molar-refractivity contribution in [2.75, 3.05) is 0 Å². The van der Waals surface area contributed by atoms with Crippen molar-refractivity contribution in [2.24, 2.45) is 0 Å². The number of allylic oxidation sites excluding steroid dienone is 10. The molecule has 0 fully saturated rings. The minimum Gasteiger partial charge on any atom is -0.121 e. The minimum absolute atomic E-state index is 1.19. The molecule has 0 spiro atoms. The normalized spacial score (nSPS) is 17.7. The Kier molecular flexibility index (Phi) is 2.64. The smallest absolute Gasteiger partial charge is 0.0177 e. The summed E-state index contributed by atoms with van der Waals surface area (Å²) in [6, 6.07) is 0. The Balaban J connectivity index is 2.34. The summed E-state index contributed by atoms with van der Waals surface area (Å²) in [6.45, 7) is 0. The third-order valence-corrected chi connectivity index (χ3v) is 1.99. The van der Waals surface area contributed by atoms with Crippen molar-refractivity contribution in [1.82, 2.24) is 0 Å². The summed E-state index contributed by atoms with van der Waals surface area (Å²) in [6.07, 6.45) is 19.9. The summed E-state index contributed by atoms with van der Waals surface area (Å²) in [5.41, 5.74) is 8.45. The van der Waals surface area contributed by atoms with Crippen LogP contribution in [0.15, 0.2) is 83.4 Å². The maximum absolute atomic E-state index is 3.03. The van der Waals surface area contributed by atoms with Crippen molar-refractivity contribution in [2.45, 2.75) is 0 Å². The third kappa shape index (κ3) is 2.02. The first-order valence-electron chi connectivity index (χ1n) is 4.56. The van der Waals surface area contributed by atoms with E-state index in [4.69, 9.17) is 0 Å². The Morgan fingerprint density at radius 1 is 0.643 bits per heavy atom. The predicted molar refractivity (Wildman–Crippen MR) is 59.8 cm³/mol. The Hall–Kier alpha value is -2.00. The second kappa shape index (κ2) is 4.30. The van der Waals surface area contributed by atoms with E-state index in [0.717, 1.165) is 0 Å². The van der Waals surface area contributed by atoms with Gasteiger partial charge in [0.05, 0.1) is 0 Å². The average molecular weight is 178 g/mol. The Bertz CT molecular complexity index is 418. The van der Waals surface area contributed by atoms with Gasteiger partial charge in [-0.1, -0.05) is 24.3 Å². The molecule has 2 aliphatic rings. The van der Waals surface area contributed by atoms with Gasteiger partial charge < -0.3 is 0 Å². The first-order chi connectivity index (χ1) is 6.97. The van der Waals surface area contributed by atoms with Crippen molar-refractivity contribution in [3.8, 4) is 0 Å². The largest absolute Gasteiger partial charge is 0.121 e. The standard InChI is InChI=1S/C14H10/c1-2-6-10-13(9-5-1)14-11-7-3-4-8-12-14/h1,3,5-12H. The van der Waals surface area contributed by atoms with E-state index < -0.39 is 0 Å². The van der Waals surface area contributed by atoms with Gasteiger partial charge in [-0.15, -0.1) is 11.5 Å². The summed E-state index contributed by atoms with van der Waals surface area (Å²) in [7, 11) is 0. The van der Waals surface area contributed by atoms with Gasteiger partial charge in [-0.05, 0) is 47.6 Å². The van der Waals surface area contributed by atoms with E-state index in [-0.39, 0.29) is 0 Å². The van der Waals surface area contributed by atoms with E-state index in [9.17, 15) is 0 Å². The van der Waals surface area contributed by atoms with Crippen molar-refractivity contribution in [1.29, 1.82) is 0 Å². The molecule has 0 aromatic heterocycles. The number of rotatable bonds is 1. The second-order valence-corrected chi connectivity index (χ2v) is 2.96. The molecule has 0 saturated heterocycles. The lowest BCUT2D eigenvalue weighted by molar-refractivity contribution is 1.55. The molecule has 0 heteroatoms. The van der Waals surface area contributed by atoms with Gasteiger partial charge in [0, 0.05) is 0 Å². The van der Waals surface area contributed by atoms with E-state index in [1.807, 2.05) is 36.5 Å². The maximum atomic E-state index is 3.03. The van der Waals surface area contributed by atoms with Gasteiger partial charge in [-0.25, -0.2) is 0 Å². The molecule has 0 atom stereocenters. The van der Waals surface area contributed by atoms with E-state index in [1.54, 1.807) is 0 Å². The molecule has 0 aromatic rings. The molecule has 0 radical (unpaired) electrons. The van der Waals surface area contributed by atoms with Crippen molar-refractivity contribution in [3.05, 3.63) is 83.4 Å². The fourth-order valence-corrected chi connectivity index (χ4v) is 1.30. The Morgan fingerprint density at radius 3 is 1.64 bits per heavy atom. The zero-order valence-electron chi connectivity index (χ0n) is 7.77. The van der Waals surface area contributed by atoms with Crippen LogP contribution in [0.1, 0.15) is 0 Å². The zero-order valence-corrected chi connectivity index (χ0v) is 7.77.